The highest BCUT2D eigenvalue weighted by atomic mass is 32.2. The third-order valence-corrected chi connectivity index (χ3v) is 11.4. The summed E-state index contributed by atoms with van der Waals surface area (Å²) in [5.74, 6) is 5.47. The van der Waals surface area contributed by atoms with Crippen LogP contribution >= 0.6 is 0 Å². The Kier molecular flexibility index (Phi) is 8.91. The van der Waals surface area contributed by atoms with E-state index < -0.39 is 41.6 Å². The molecule has 0 saturated carbocycles. The number of nitrogens with zero attached hydrogens (tertiary/aromatic N) is 1. The average molecular weight is 474 g/mol. The van der Waals surface area contributed by atoms with Gasteiger partial charge < -0.3 is 4.43 Å². The van der Waals surface area contributed by atoms with E-state index >= 15 is 0 Å². The van der Waals surface area contributed by atoms with Crippen LogP contribution in [-0.4, -0.2) is 29.4 Å². The molecule has 8 heteroatoms. The molecule has 1 unspecified atom stereocenters. The summed E-state index contributed by atoms with van der Waals surface area (Å²) in [6.07, 6.45) is -4.54. The zero-order valence-electron chi connectivity index (χ0n) is 19.9. The fraction of sp³-hybridized carbons (Fsp3) is 0.609. The molecule has 0 amide bonds. The van der Waals surface area contributed by atoms with Gasteiger partial charge in [0.15, 0.2) is 8.32 Å². The van der Waals surface area contributed by atoms with Crippen LogP contribution in [0.1, 0.15) is 71.2 Å². The molecule has 0 aliphatic carbocycles. The topological polar surface area (TPSA) is 38.7 Å². The number of hydrogen-bond acceptors (Lipinski definition) is 3. The van der Waals surface area contributed by atoms with Crippen molar-refractivity contribution in [3.63, 3.8) is 0 Å². The Morgan fingerprint density at radius 2 is 1.74 bits per heavy atom. The van der Waals surface area contributed by atoms with Crippen LogP contribution in [0.4, 0.5) is 13.2 Å². The number of halogens is 3. The van der Waals surface area contributed by atoms with Crippen molar-refractivity contribution in [1.82, 2.24) is 0 Å². The maximum Gasteiger partial charge on any atom is 0.417 e. The molecule has 1 rings (SSSR count). The molecular weight excluding hydrogens is 439 g/mol. The van der Waals surface area contributed by atoms with E-state index in [9.17, 15) is 17.4 Å². The molecule has 0 radical (unpaired) electrons. The summed E-state index contributed by atoms with van der Waals surface area (Å²) in [7, 11) is -3.41. The second-order valence-electron chi connectivity index (χ2n) is 9.96. The highest BCUT2D eigenvalue weighted by Gasteiger charge is 2.37. The van der Waals surface area contributed by atoms with Gasteiger partial charge in [0.2, 0.25) is 0 Å². The SMILES string of the molecule is C[C@@H](N=CS(=O)C(C)(C)C)c1cccc(C(F)(F)F)c1C#CCO[Si](C)(C)C(C)(C)C. The monoisotopic (exact) mass is 473 g/mol. The van der Waals surface area contributed by atoms with E-state index in [1.165, 1.54) is 11.6 Å². The van der Waals surface area contributed by atoms with Crippen molar-refractivity contribution in [3.8, 4) is 11.8 Å². The molecule has 0 fully saturated rings. The van der Waals surface area contributed by atoms with Gasteiger partial charge in [-0.1, -0.05) is 44.7 Å². The van der Waals surface area contributed by atoms with Gasteiger partial charge in [-0.3, -0.25) is 9.20 Å². The minimum atomic E-state index is -4.54. The van der Waals surface area contributed by atoms with Crippen molar-refractivity contribution in [3.05, 3.63) is 34.9 Å². The van der Waals surface area contributed by atoms with Crippen molar-refractivity contribution >= 4 is 24.7 Å². The maximum absolute atomic E-state index is 13.6. The van der Waals surface area contributed by atoms with Gasteiger partial charge in [0.05, 0.1) is 34.6 Å². The van der Waals surface area contributed by atoms with E-state index in [1.54, 1.807) is 13.0 Å². The molecule has 0 spiro atoms. The summed E-state index contributed by atoms with van der Waals surface area (Å²) in [6, 6.07) is 3.32. The van der Waals surface area contributed by atoms with Crippen LogP contribution in [-0.2, 0) is 21.4 Å². The molecule has 0 aliphatic heterocycles. The maximum atomic E-state index is 13.6. The molecule has 0 heterocycles. The molecule has 2 atom stereocenters. The van der Waals surface area contributed by atoms with Crippen LogP contribution in [0.25, 0.3) is 0 Å². The lowest BCUT2D eigenvalue weighted by atomic mass is 9.96. The van der Waals surface area contributed by atoms with E-state index in [-0.39, 0.29) is 17.2 Å². The third-order valence-electron chi connectivity index (χ3n) is 5.36. The lowest BCUT2D eigenvalue weighted by Crippen LogP contribution is -2.40. The summed E-state index contributed by atoms with van der Waals surface area (Å²) in [6.45, 7) is 17.6. The lowest BCUT2D eigenvalue weighted by molar-refractivity contribution is -0.137. The smallest absolute Gasteiger partial charge is 0.406 e. The van der Waals surface area contributed by atoms with Gasteiger partial charge in [0.1, 0.15) is 0 Å². The molecule has 3 nitrogen and oxygen atoms in total. The van der Waals surface area contributed by atoms with E-state index in [0.717, 1.165) is 6.07 Å². The van der Waals surface area contributed by atoms with Crippen LogP contribution in [0.3, 0.4) is 0 Å². The van der Waals surface area contributed by atoms with Gasteiger partial charge in [-0.15, -0.1) is 0 Å². The first-order valence-electron chi connectivity index (χ1n) is 10.1. The van der Waals surface area contributed by atoms with Crippen molar-refractivity contribution in [2.24, 2.45) is 4.99 Å². The number of aliphatic imine (C=N–C) groups is 1. The molecule has 0 aliphatic rings. The first kappa shape index (κ1) is 27.6. The fourth-order valence-electron chi connectivity index (χ4n) is 2.24. The summed E-state index contributed by atoms with van der Waals surface area (Å²) in [4.78, 5) is 4.26. The van der Waals surface area contributed by atoms with Gasteiger partial charge in [-0.2, -0.15) is 13.2 Å². The predicted molar refractivity (Wildman–Crippen MR) is 126 cm³/mol. The molecule has 1 aromatic rings. The number of alkyl halides is 3. The normalized spacial score (nSPS) is 15.5. The van der Waals surface area contributed by atoms with Gasteiger partial charge in [-0.05, 0) is 57.5 Å². The molecule has 174 valence electrons. The molecule has 0 N–H and O–H groups in total. The van der Waals surface area contributed by atoms with Gasteiger partial charge >= 0.3 is 6.18 Å². The van der Waals surface area contributed by atoms with E-state index in [0.29, 0.717) is 5.56 Å². The zero-order chi connectivity index (χ0) is 24.3. The Labute approximate surface area is 188 Å². The molecule has 1 aromatic carbocycles. The largest absolute Gasteiger partial charge is 0.417 e. The van der Waals surface area contributed by atoms with Crippen LogP contribution < -0.4 is 0 Å². The molecular formula is C23H34F3NO2SSi. The highest BCUT2D eigenvalue weighted by molar-refractivity contribution is 7.99. The van der Waals surface area contributed by atoms with Crippen molar-refractivity contribution in [2.75, 3.05) is 6.61 Å². The molecule has 0 saturated heterocycles. The van der Waals surface area contributed by atoms with Crippen molar-refractivity contribution < 1.29 is 21.8 Å². The van der Waals surface area contributed by atoms with E-state index in [1.807, 2.05) is 20.8 Å². The van der Waals surface area contributed by atoms with Crippen molar-refractivity contribution in [2.45, 2.75) is 83.6 Å². The summed E-state index contributed by atoms with van der Waals surface area (Å²) in [5.41, 5.74) is 0.739. The first-order chi connectivity index (χ1) is 13.9. The Morgan fingerprint density at radius 3 is 2.23 bits per heavy atom. The summed E-state index contributed by atoms with van der Waals surface area (Å²) >= 11 is 0. The first-order valence-corrected chi connectivity index (χ1v) is 14.3. The number of rotatable bonds is 5. The lowest BCUT2D eigenvalue weighted by Gasteiger charge is -2.35. The minimum Gasteiger partial charge on any atom is -0.406 e. The number of benzene rings is 1. The van der Waals surface area contributed by atoms with E-state index in [4.69, 9.17) is 4.43 Å². The van der Waals surface area contributed by atoms with E-state index in [2.05, 4.69) is 50.7 Å². The average Bonchev–Trinajstić information content (AvgIpc) is 2.60. The second kappa shape index (κ2) is 10.0. The van der Waals surface area contributed by atoms with Gasteiger partial charge in [-0.25, -0.2) is 0 Å². The predicted octanol–water partition coefficient (Wildman–Crippen LogP) is 6.72. The Morgan fingerprint density at radius 1 is 1.16 bits per heavy atom. The van der Waals surface area contributed by atoms with Crippen LogP contribution in [0, 0.1) is 11.8 Å². The Bertz CT molecular complexity index is 885. The molecule has 0 bridgehead atoms. The molecule has 31 heavy (non-hydrogen) atoms. The van der Waals surface area contributed by atoms with Crippen LogP contribution in [0.5, 0.6) is 0 Å². The minimum absolute atomic E-state index is 0.0182. The van der Waals surface area contributed by atoms with Crippen molar-refractivity contribution in [1.29, 1.82) is 0 Å². The van der Waals surface area contributed by atoms with Crippen LogP contribution in [0.15, 0.2) is 23.2 Å². The Balaban J connectivity index is 3.30. The number of hydrogen-bond donors (Lipinski definition) is 0. The zero-order valence-corrected chi connectivity index (χ0v) is 21.7. The van der Waals surface area contributed by atoms with Gasteiger partial charge in [0, 0.05) is 10.3 Å². The quantitative estimate of drug-likeness (QED) is 0.206. The van der Waals surface area contributed by atoms with Crippen LogP contribution in [0.2, 0.25) is 18.1 Å². The standard InChI is InChI=1S/C23H34F3NO2SSi/c1-17(27-16-30(28)21(2,3)4)18-12-10-14-20(23(24,25)26)19(18)13-11-15-29-31(8,9)22(5,6)7/h10,12,14,16-17H,15H2,1-9H3/t17-,30?/m1/s1. The fourth-order valence-corrected chi connectivity index (χ4v) is 3.71. The Hall–Kier alpha value is -1.43. The summed E-state index contributed by atoms with van der Waals surface area (Å²) < 4.78 is 58.6. The third kappa shape index (κ3) is 7.89. The van der Waals surface area contributed by atoms with Gasteiger partial charge in [0.25, 0.3) is 0 Å². The molecule has 0 aromatic heterocycles. The highest BCUT2D eigenvalue weighted by Crippen LogP contribution is 2.37. The summed E-state index contributed by atoms with van der Waals surface area (Å²) in [5, 5.41) is -0.0182. The second-order valence-corrected chi connectivity index (χ2v) is 16.8.